The molecule has 5 nitrogen and oxygen atoms in total. The Labute approximate surface area is 93.2 Å². The van der Waals surface area contributed by atoms with Gasteiger partial charge in [0.05, 0.1) is 12.3 Å². The first-order valence-electron chi connectivity index (χ1n) is 5.34. The zero-order valence-electron chi connectivity index (χ0n) is 9.04. The predicted molar refractivity (Wildman–Crippen MR) is 59.4 cm³/mol. The molecule has 1 fully saturated rings. The zero-order valence-corrected chi connectivity index (χ0v) is 9.04. The van der Waals surface area contributed by atoms with Gasteiger partial charge >= 0.3 is 0 Å². The van der Waals surface area contributed by atoms with Crippen molar-refractivity contribution in [1.29, 1.82) is 0 Å². The number of hydrogen-bond donors (Lipinski definition) is 2. The van der Waals surface area contributed by atoms with E-state index in [2.05, 4.69) is 15.6 Å². The molecule has 1 atom stereocenters. The van der Waals surface area contributed by atoms with E-state index in [0.717, 1.165) is 17.1 Å². The molecule has 5 heteroatoms. The van der Waals surface area contributed by atoms with Gasteiger partial charge < -0.3 is 15.4 Å². The van der Waals surface area contributed by atoms with Gasteiger partial charge in [0, 0.05) is 19.2 Å². The number of aryl methyl sites for hydroxylation is 1. The molecule has 2 aliphatic heterocycles. The fraction of sp³-hybridized carbons (Fsp3) is 0.455. The Morgan fingerprint density at radius 3 is 3.19 bits per heavy atom. The van der Waals surface area contributed by atoms with Crippen LogP contribution in [0, 0.1) is 6.92 Å². The molecule has 0 saturated carbocycles. The molecule has 1 amide bonds. The van der Waals surface area contributed by atoms with Crippen molar-refractivity contribution in [2.24, 2.45) is 0 Å². The summed E-state index contributed by atoms with van der Waals surface area (Å²) in [7, 11) is 0. The highest BCUT2D eigenvalue weighted by atomic mass is 16.5. The highest BCUT2D eigenvalue weighted by molar-refractivity contribution is 6.06. The summed E-state index contributed by atoms with van der Waals surface area (Å²) in [6, 6.07) is 1.88. The lowest BCUT2D eigenvalue weighted by atomic mass is 9.94. The molecule has 16 heavy (non-hydrogen) atoms. The first-order chi connectivity index (χ1) is 7.71. The minimum Gasteiger partial charge on any atom is -0.378 e. The fourth-order valence-electron chi connectivity index (χ4n) is 2.17. The number of ether oxygens (including phenoxy) is 1. The molecule has 0 radical (unpaired) electrons. The van der Waals surface area contributed by atoms with Gasteiger partial charge in [0.1, 0.15) is 5.54 Å². The van der Waals surface area contributed by atoms with E-state index >= 15 is 0 Å². The number of nitrogens with one attached hydrogen (secondary N) is 2. The number of hydrogen-bond acceptors (Lipinski definition) is 4. The molecule has 1 unspecified atom stereocenters. The van der Waals surface area contributed by atoms with Crippen LogP contribution in [-0.2, 0) is 9.53 Å². The van der Waals surface area contributed by atoms with Crippen molar-refractivity contribution in [1.82, 2.24) is 4.98 Å². The molecule has 3 heterocycles. The molecule has 0 aromatic carbocycles. The maximum absolute atomic E-state index is 12.1. The molecule has 1 spiro atoms. The minimum absolute atomic E-state index is 0.0198. The third kappa shape index (κ3) is 1.21. The van der Waals surface area contributed by atoms with Crippen LogP contribution in [0.3, 0.4) is 0 Å². The van der Waals surface area contributed by atoms with Crippen LogP contribution in [-0.4, -0.2) is 29.6 Å². The zero-order chi connectivity index (χ0) is 11.2. The van der Waals surface area contributed by atoms with Gasteiger partial charge in [0.2, 0.25) is 0 Å². The van der Waals surface area contributed by atoms with Gasteiger partial charge in [0.15, 0.2) is 5.82 Å². The van der Waals surface area contributed by atoms with Crippen LogP contribution in [0.1, 0.15) is 12.0 Å². The molecule has 3 rings (SSSR count). The maximum atomic E-state index is 12.1. The first-order valence-corrected chi connectivity index (χ1v) is 5.34. The minimum atomic E-state index is -0.617. The Bertz CT molecular complexity index is 453. The average Bonchev–Trinajstić information content (AvgIpc) is 2.71. The predicted octanol–water partition coefficient (Wildman–Crippen LogP) is 0.913. The van der Waals surface area contributed by atoms with Crippen molar-refractivity contribution in [3.63, 3.8) is 0 Å². The molecule has 84 valence electrons. The van der Waals surface area contributed by atoms with Crippen molar-refractivity contribution < 1.29 is 9.53 Å². The highest BCUT2D eigenvalue weighted by Crippen LogP contribution is 2.35. The van der Waals surface area contributed by atoms with Gasteiger partial charge in [-0.2, -0.15) is 0 Å². The van der Waals surface area contributed by atoms with Gasteiger partial charge in [-0.25, -0.2) is 4.98 Å². The molecule has 2 aliphatic rings. The second-order valence-electron chi connectivity index (χ2n) is 4.32. The number of pyridine rings is 1. The SMILES string of the molecule is Cc1ccnc2c1NC(=O)C1(CCOC1)N2. The number of anilines is 2. The van der Waals surface area contributed by atoms with Gasteiger partial charge in [-0.1, -0.05) is 0 Å². The van der Waals surface area contributed by atoms with E-state index in [4.69, 9.17) is 4.74 Å². The van der Waals surface area contributed by atoms with Crippen molar-refractivity contribution in [3.05, 3.63) is 17.8 Å². The number of carbonyl (C=O) groups is 1. The largest absolute Gasteiger partial charge is 0.378 e. The van der Waals surface area contributed by atoms with Crippen LogP contribution in [0.2, 0.25) is 0 Å². The van der Waals surface area contributed by atoms with Gasteiger partial charge in [-0.3, -0.25) is 4.79 Å². The van der Waals surface area contributed by atoms with Crippen LogP contribution in [0.5, 0.6) is 0 Å². The lowest BCUT2D eigenvalue weighted by Crippen LogP contribution is -2.53. The summed E-state index contributed by atoms with van der Waals surface area (Å²) in [6.07, 6.45) is 2.43. The summed E-state index contributed by atoms with van der Waals surface area (Å²) in [5.41, 5.74) is 1.18. The van der Waals surface area contributed by atoms with Crippen LogP contribution in [0.4, 0.5) is 11.5 Å². The number of carbonyl (C=O) groups excluding carboxylic acids is 1. The molecule has 1 aromatic rings. The Kier molecular flexibility index (Phi) is 1.91. The van der Waals surface area contributed by atoms with E-state index < -0.39 is 5.54 Å². The number of fused-ring (bicyclic) bond motifs is 1. The summed E-state index contributed by atoms with van der Waals surface area (Å²) >= 11 is 0. The number of aromatic nitrogens is 1. The molecule has 0 aliphatic carbocycles. The summed E-state index contributed by atoms with van der Waals surface area (Å²) in [5.74, 6) is 0.721. The van der Waals surface area contributed by atoms with Crippen LogP contribution in [0.25, 0.3) is 0 Å². The Balaban J connectivity index is 2.05. The monoisotopic (exact) mass is 219 g/mol. The Morgan fingerprint density at radius 1 is 1.56 bits per heavy atom. The van der Waals surface area contributed by atoms with E-state index in [-0.39, 0.29) is 5.91 Å². The molecule has 2 N–H and O–H groups in total. The Hall–Kier alpha value is -1.62. The van der Waals surface area contributed by atoms with Gasteiger partial charge in [-0.05, 0) is 18.6 Å². The Morgan fingerprint density at radius 2 is 2.44 bits per heavy atom. The number of amides is 1. The van der Waals surface area contributed by atoms with Crippen molar-refractivity contribution in [3.8, 4) is 0 Å². The van der Waals surface area contributed by atoms with E-state index in [1.807, 2.05) is 13.0 Å². The van der Waals surface area contributed by atoms with Gasteiger partial charge in [-0.15, -0.1) is 0 Å². The number of rotatable bonds is 0. The topological polar surface area (TPSA) is 63.2 Å². The molecule has 1 aromatic heterocycles. The van der Waals surface area contributed by atoms with Gasteiger partial charge in [0.25, 0.3) is 5.91 Å². The molecule has 0 bridgehead atoms. The first kappa shape index (κ1) is 9.59. The van der Waals surface area contributed by atoms with E-state index in [1.54, 1.807) is 6.20 Å². The molecular weight excluding hydrogens is 206 g/mol. The van der Waals surface area contributed by atoms with Crippen LogP contribution >= 0.6 is 0 Å². The maximum Gasteiger partial charge on any atom is 0.252 e. The third-order valence-electron chi connectivity index (χ3n) is 3.21. The summed E-state index contributed by atoms with van der Waals surface area (Å²) in [4.78, 5) is 16.3. The standard InChI is InChI=1S/C11H13N3O2/c1-7-2-4-12-9-8(7)13-10(15)11(14-9)3-5-16-6-11/h2,4H,3,5-6H2,1H3,(H,12,14)(H,13,15). The average molecular weight is 219 g/mol. The van der Waals surface area contributed by atoms with Crippen LogP contribution < -0.4 is 10.6 Å². The summed E-state index contributed by atoms with van der Waals surface area (Å²) in [6.45, 7) is 2.97. The normalized spacial score (nSPS) is 27.4. The number of nitrogens with zero attached hydrogens (tertiary/aromatic N) is 1. The molecular formula is C11H13N3O2. The molecule has 1 saturated heterocycles. The van der Waals surface area contributed by atoms with Crippen molar-refractivity contribution >= 4 is 17.4 Å². The summed E-state index contributed by atoms with van der Waals surface area (Å²) < 4.78 is 5.30. The highest BCUT2D eigenvalue weighted by Gasteiger charge is 2.46. The lowest BCUT2D eigenvalue weighted by molar-refractivity contribution is -0.120. The second kappa shape index (κ2) is 3.18. The van der Waals surface area contributed by atoms with E-state index in [9.17, 15) is 4.79 Å². The van der Waals surface area contributed by atoms with Crippen molar-refractivity contribution in [2.45, 2.75) is 18.9 Å². The van der Waals surface area contributed by atoms with Crippen LogP contribution in [0.15, 0.2) is 12.3 Å². The van der Waals surface area contributed by atoms with E-state index in [1.165, 1.54) is 0 Å². The second-order valence-corrected chi connectivity index (χ2v) is 4.32. The quantitative estimate of drug-likeness (QED) is 0.681. The van der Waals surface area contributed by atoms with E-state index in [0.29, 0.717) is 19.6 Å². The summed E-state index contributed by atoms with van der Waals surface area (Å²) in [5, 5.41) is 6.13. The van der Waals surface area contributed by atoms with Crippen molar-refractivity contribution in [2.75, 3.05) is 23.8 Å². The smallest absolute Gasteiger partial charge is 0.252 e. The third-order valence-corrected chi connectivity index (χ3v) is 3.21. The fourth-order valence-corrected chi connectivity index (χ4v) is 2.17. The lowest BCUT2D eigenvalue weighted by Gasteiger charge is -2.34.